The summed E-state index contributed by atoms with van der Waals surface area (Å²) in [5.74, 6) is -0.184. The number of carbonyl (C=O) groups is 1. The molecule has 2 N–H and O–H groups in total. The number of aliphatic hydroxyl groups is 1. The molecule has 0 radical (unpaired) electrons. The van der Waals surface area contributed by atoms with Gasteiger partial charge in [-0.3, -0.25) is 4.79 Å². The van der Waals surface area contributed by atoms with Gasteiger partial charge in [-0.05, 0) is 19.1 Å². The molecule has 0 saturated carbocycles. The van der Waals surface area contributed by atoms with Crippen LogP contribution in [0.25, 0.3) is 0 Å². The van der Waals surface area contributed by atoms with E-state index in [1.165, 1.54) is 18.2 Å². The fourth-order valence-electron chi connectivity index (χ4n) is 1.17. The fourth-order valence-corrected chi connectivity index (χ4v) is 1.17. The highest BCUT2D eigenvalue weighted by atomic mass is 19.1. The summed E-state index contributed by atoms with van der Waals surface area (Å²) in [6.45, 7) is 1.98. The van der Waals surface area contributed by atoms with Crippen LogP contribution >= 0.6 is 0 Å². The van der Waals surface area contributed by atoms with Crippen LogP contribution in [0.4, 0.5) is 4.39 Å². The van der Waals surface area contributed by atoms with E-state index in [0.717, 1.165) is 0 Å². The molecule has 1 atom stereocenters. The van der Waals surface area contributed by atoms with Crippen LogP contribution in [0.2, 0.25) is 0 Å². The SMILES string of the molecule is CC(O)CNC(=O)CCOc1cccc(F)c1. The predicted octanol–water partition coefficient (Wildman–Crippen LogP) is 1.09. The molecule has 0 bridgehead atoms. The number of nitrogens with one attached hydrogen (secondary N) is 1. The lowest BCUT2D eigenvalue weighted by atomic mass is 10.3. The van der Waals surface area contributed by atoms with Crippen LogP contribution in [0.5, 0.6) is 5.75 Å². The number of aliphatic hydroxyl groups excluding tert-OH is 1. The third kappa shape index (κ3) is 5.87. The van der Waals surface area contributed by atoms with Crippen molar-refractivity contribution in [1.29, 1.82) is 0 Å². The largest absolute Gasteiger partial charge is 0.493 e. The Morgan fingerprint density at radius 1 is 1.59 bits per heavy atom. The van der Waals surface area contributed by atoms with Gasteiger partial charge in [0.25, 0.3) is 0 Å². The maximum atomic E-state index is 12.8. The van der Waals surface area contributed by atoms with Crippen LogP contribution in [0.1, 0.15) is 13.3 Å². The summed E-state index contributed by atoms with van der Waals surface area (Å²) in [6.07, 6.45) is -0.397. The van der Waals surface area contributed by atoms with E-state index in [4.69, 9.17) is 9.84 Å². The normalized spacial score (nSPS) is 11.9. The smallest absolute Gasteiger partial charge is 0.223 e. The monoisotopic (exact) mass is 241 g/mol. The summed E-state index contributed by atoms with van der Waals surface area (Å²) in [5.41, 5.74) is 0. The summed E-state index contributed by atoms with van der Waals surface area (Å²) >= 11 is 0. The average molecular weight is 241 g/mol. The van der Waals surface area contributed by atoms with E-state index in [1.54, 1.807) is 13.0 Å². The maximum Gasteiger partial charge on any atom is 0.223 e. The van der Waals surface area contributed by atoms with Gasteiger partial charge in [0.05, 0.1) is 19.1 Å². The Morgan fingerprint density at radius 2 is 2.35 bits per heavy atom. The van der Waals surface area contributed by atoms with Crippen LogP contribution in [0.3, 0.4) is 0 Å². The average Bonchev–Trinajstić information content (AvgIpc) is 2.26. The number of hydrogen-bond acceptors (Lipinski definition) is 3. The van der Waals surface area contributed by atoms with Crippen LogP contribution < -0.4 is 10.1 Å². The van der Waals surface area contributed by atoms with Crippen molar-refractivity contribution >= 4 is 5.91 Å². The van der Waals surface area contributed by atoms with E-state index < -0.39 is 6.10 Å². The molecule has 0 aromatic heterocycles. The van der Waals surface area contributed by atoms with Crippen molar-refractivity contribution in [3.8, 4) is 5.75 Å². The van der Waals surface area contributed by atoms with Gasteiger partial charge in [-0.15, -0.1) is 0 Å². The molecule has 17 heavy (non-hydrogen) atoms. The van der Waals surface area contributed by atoms with Crippen molar-refractivity contribution in [2.24, 2.45) is 0 Å². The minimum Gasteiger partial charge on any atom is -0.493 e. The zero-order valence-electron chi connectivity index (χ0n) is 9.65. The first-order chi connectivity index (χ1) is 8.08. The third-order valence-electron chi connectivity index (χ3n) is 1.99. The summed E-state index contributed by atoms with van der Waals surface area (Å²) < 4.78 is 18.0. The Balaban J connectivity index is 2.21. The molecule has 1 amide bonds. The molecule has 5 heteroatoms. The Bertz CT molecular complexity index is 369. The van der Waals surface area contributed by atoms with Crippen molar-refractivity contribution in [2.45, 2.75) is 19.4 Å². The topological polar surface area (TPSA) is 58.6 Å². The highest BCUT2D eigenvalue weighted by molar-refractivity contribution is 5.75. The number of halogens is 1. The van der Waals surface area contributed by atoms with Gasteiger partial charge in [0.2, 0.25) is 5.91 Å². The molecular weight excluding hydrogens is 225 g/mol. The molecule has 0 aliphatic carbocycles. The quantitative estimate of drug-likeness (QED) is 0.784. The van der Waals surface area contributed by atoms with E-state index in [-0.39, 0.29) is 31.3 Å². The molecule has 1 aromatic carbocycles. The van der Waals surface area contributed by atoms with Gasteiger partial charge >= 0.3 is 0 Å². The molecule has 0 fully saturated rings. The predicted molar refractivity (Wildman–Crippen MR) is 61.2 cm³/mol. The summed E-state index contributed by atoms with van der Waals surface area (Å²) in [7, 11) is 0. The molecule has 0 spiro atoms. The van der Waals surface area contributed by atoms with Crippen molar-refractivity contribution in [2.75, 3.05) is 13.2 Å². The molecule has 1 unspecified atom stereocenters. The molecule has 0 aliphatic rings. The third-order valence-corrected chi connectivity index (χ3v) is 1.99. The number of carbonyl (C=O) groups excluding carboxylic acids is 1. The number of benzene rings is 1. The molecule has 94 valence electrons. The van der Waals surface area contributed by atoms with Crippen molar-refractivity contribution in [3.05, 3.63) is 30.1 Å². The molecule has 0 saturated heterocycles. The molecule has 1 rings (SSSR count). The molecular formula is C12H16FNO3. The molecule has 1 aromatic rings. The van der Waals surface area contributed by atoms with Crippen molar-refractivity contribution < 1.29 is 19.0 Å². The number of hydrogen-bond donors (Lipinski definition) is 2. The second-order valence-corrected chi connectivity index (χ2v) is 3.71. The lowest BCUT2D eigenvalue weighted by Crippen LogP contribution is -2.31. The summed E-state index contributed by atoms with van der Waals surface area (Å²) in [6, 6.07) is 5.74. The second kappa shape index (κ2) is 6.85. The van der Waals surface area contributed by atoms with Crippen LogP contribution in [0.15, 0.2) is 24.3 Å². The van der Waals surface area contributed by atoms with Crippen molar-refractivity contribution in [1.82, 2.24) is 5.32 Å². The number of amides is 1. The van der Waals surface area contributed by atoms with E-state index in [0.29, 0.717) is 5.75 Å². The highest BCUT2D eigenvalue weighted by Crippen LogP contribution is 2.11. The second-order valence-electron chi connectivity index (χ2n) is 3.71. The molecule has 0 aliphatic heterocycles. The standard InChI is InChI=1S/C12H16FNO3/c1-9(15)8-14-12(16)5-6-17-11-4-2-3-10(13)7-11/h2-4,7,9,15H,5-6,8H2,1H3,(H,14,16). The zero-order chi connectivity index (χ0) is 12.7. The lowest BCUT2D eigenvalue weighted by molar-refractivity contribution is -0.122. The minimum atomic E-state index is -0.567. The maximum absolute atomic E-state index is 12.8. The first-order valence-electron chi connectivity index (χ1n) is 5.41. The van der Waals surface area contributed by atoms with Gasteiger partial charge in [0.1, 0.15) is 11.6 Å². The number of rotatable bonds is 6. The van der Waals surface area contributed by atoms with Crippen LogP contribution in [-0.4, -0.2) is 30.3 Å². The Hall–Kier alpha value is -1.62. The first-order valence-corrected chi connectivity index (χ1v) is 5.41. The van der Waals surface area contributed by atoms with Gasteiger partial charge in [-0.25, -0.2) is 4.39 Å². The lowest BCUT2D eigenvalue weighted by Gasteiger charge is -2.08. The molecule has 4 nitrogen and oxygen atoms in total. The van der Waals surface area contributed by atoms with E-state index in [2.05, 4.69) is 5.32 Å². The number of ether oxygens (including phenoxy) is 1. The Morgan fingerprint density at radius 3 is 3.00 bits per heavy atom. The van der Waals surface area contributed by atoms with Crippen molar-refractivity contribution in [3.63, 3.8) is 0 Å². The van der Waals surface area contributed by atoms with E-state index in [9.17, 15) is 9.18 Å². The summed E-state index contributed by atoms with van der Waals surface area (Å²) in [4.78, 5) is 11.2. The molecule has 0 heterocycles. The fraction of sp³-hybridized carbons (Fsp3) is 0.417. The van der Waals surface area contributed by atoms with Crippen LogP contribution in [0, 0.1) is 5.82 Å². The first kappa shape index (κ1) is 13.4. The van der Waals surface area contributed by atoms with Gasteiger partial charge in [-0.1, -0.05) is 6.07 Å². The van der Waals surface area contributed by atoms with Gasteiger partial charge in [0, 0.05) is 12.6 Å². The Labute approximate surface area is 99.4 Å². The van der Waals surface area contributed by atoms with E-state index in [1.807, 2.05) is 0 Å². The highest BCUT2D eigenvalue weighted by Gasteiger charge is 2.03. The summed E-state index contributed by atoms with van der Waals surface area (Å²) in [5, 5.41) is 11.5. The van der Waals surface area contributed by atoms with Gasteiger partial charge < -0.3 is 15.2 Å². The van der Waals surface area contributed by atoms with Gasteiger partial charge in [0.15, 0.2) is 0 Å². The van der Waals surface area contributed by atoms with Crippen LogP contribution in [-0.2, 0) is 4.79 Å². The minimum absolute atomic E-state index is 0.170. The zero-order valence-corrected chi connectivity index (χ0v) is 9.65. The van der Waals surface area contributed by atoms with Gasteiger partial charge in [-0.2, -0.15) is 0 Å². The van der Waals surface area contributed by atoms with E-state index >= 15 is 0 Å². The Kier molecular flexibility index (Phi) is 5.42.